The standard InChI is InChI=1S/C22H26ClNO5/c1-2-28-16-6-3-13(4-7-16)9-15-10-14(5-8-17(15)23)20-19(25)21(26)22(27)12-24-11-18(22)29-20/h3-8,10,18-21,24-27H,2,9,11-12H2,1H3. The van der Waals surface area contributed by atoms with Crippen LogP contribution in [0.4, 0.5) is 0 Å². The quantitative estimate of drug-likeness (QED) is 0.591. The number of aliphatic hydroxyl groups excluding tert-OH is 2. The molecule has 0 saturated carbocycles. The molecule has 4 N–H and O–H groups in total. The monoisotopic (exact) mass is 419 g/mol. The molecule has 7 heteroatoms. The summed E-state index contributed by atoms with van der Waals surface area (Å²) in [5.74, 6) is 0.821. The first-order valence-corrected chi connectivity index (χ1v) is 10.2. The Balaban J connectivity index is 1.56. The lowest BCUT2D eigenvalue weighted by Gasteiger charge is -2.45. The Morgan fingerprint density at radius 2 is 1.97 bits per heavy atom. The summed E-state index contributed by atoms with van der Waals surface area (Å²) in [6.45, 7) is 3.17. The molecule has 2 aliphatic rings. The molecule has 4 rings (SSSR count). The van der Waals surface area contributed by atoms with Gasteiger partial charge in [0.15, 0.2) is 0 Å². The Morgan fingerprint density at radius 1 is 1.21 bits per heavy atom. The van der Waals surface area contributed by atoms with Crippen LogP contribution in [0.25, 0.3) is 0 Å². The number of rotatable bonds is 5. The SMILES string of the molecule is CCOc1ccc(Cc2cc(C3OC4CNCC4(O)C(O)C3O)ccc2Cl)cc1. The molecule has 2 saturated heterocycles. The molecule has 0 aromatic heterocycles. The number of aliphatic hydroxyl groups is 3. The van der Waals surface area contributed by atoms with Crippen molar-refractivity contribution in [2.24, 2.45) is 0 Å². The lowest BCUT2D eigenvalue weighted by atomic mass is 9.82. The smallest absolute Gasteiger partial charge is 0.133 e. The first-order chi connectivity index (χ1) is 13.9. The third-order valence-electron chi connectivity index (χ3n) is 5.78. The van der Waals surface area contributed by atoms with Gasteiger partial charge in [-0.15, -0.1) is 0 Å². The van der Waals surface area contributed by atoms with Crippen molar-refractivity contribution >= 4 is 11.6 Å². The lowest BCUT2D eigenvalue weighted by molar-refractivity contribution is -0.254. The molecule has 156 valence electrons. The van der Waals surface area contributed by atoms with Gasteiger partial charge < -0.3 is 30.1 Å². The van der Waals surface area contributed by atoms with E-state index in [1.807, 2.05) is 37.3 Å². The summed E-state index contributed by atoms with van der Waals surface area (Å²) in [5.41, 5.74) is 1.21. The molecule has 2 heterocycles. The molecule has 2 aliphatic heterocycles. The number of fused-ring (bicyclic) bond motifs is 1. The highest BCUT2D eigenvalue weighted by molar-refractivity contribution is 6.31. The maximum absolute atomic E-state index is 10.6. The number of hydrogen-bond donors (Lipinski definition) is 4. The number of nitrogens with one attached hydrogen (secondary N) is 1. The first-order valence-electron chi connectivity index (χ1n) is 9.87. The van der Waals surface area contributed by atoms with E-state index < -0.39 is 30.0 Å². The van der Waals surface area contributed by atoms with Crippen LogP contribution in [0.1, 0.15) is 29.7 Å². The van der Waals surface area contributed by atoms with Gasteiger partial charge in [-0.3, -0.25) is 0 Å². The highest BCUT2D eigenvalue weighted by Gasteiger charge is 2.57. The van der Waals surface area contributed by atoms with Crippen molar-refractivity contribution in [2.75, 3.05) is 19.7 Å². The fraction of sp³-hybridized carbons (Fsp3) is 0.455. The van der Waals surface area contributed by atoms with Gasteiger partial charge in [0.25, 0.3) is 0 Å². The molecular weight excluding hydrogens is 394 g/mol. The molecule has 2 aromatic carbocycles. The van der Waals surface area contributed by atoms with Crippen molar-refractivity contribution in [3.63, 3.8) is 0 Å². The summed E-state index contributed by atoms with van der Waals surface area (Å²) in [5, 5.41) is 35.4. The van der Waals surface area contributed by atoms with E-state index in [4.69, 9.17) is 21.1 Å². The van der Waals surface area contributed by atoms with Gasteiger partial charge in [0.1, 0.15) is 35.8 Å². The number of benzene rings is 2. The molecule has 0 bridgehead atoms. The van der Waals surface area contributed by atoms with Crippen molar-refractivity contribution in [2.45, 2.75) is 43.4 Å². The van der Waals surface area contributed by atoms with E-state index in [0.717, 1.165) is 22.4 Å². The van der Waals surface area contributed by atoms with Gasteiger partial charge in [-0.2, -0.15) is 0 Å². The maximum atomic E-state index is 10.6. The molecule has 2 fully saturated rings. The van der Waals surface area contributed by atoms with Gasteiger partial charge in [-0.05, 0) is 48.2 Å². The lowest BCUT2D eigenvalue weighted by Crippen LogP contribution is -2.63. The minimum Gasteiger partial charge on any atom is -0.494 e. The summed E-state index contributed by atoms with van der Waals surface area (Å²) < 4.78 is 11.5. The molecule has 5 unspecified atom stereocenters. The fourth-order valence-electron chi connectivity index (χ4n) is 4.15. The molecule has 29 heavy (non-hydrogen) atoms. The molecule has 0 spiro atoms. The zero-order chi connectivity index (χ0) is 20.6. The first kappa shape index (κ1) is 20.6. The second kappa shape index (κ2) is 8.22. The predicted octanol–water partition coefficient (Wildman–Crippen LogP) is 1.83. The van der Waals surface area contributed by atoms with Crippen LogP contribution in [-0.2, 0) is 11.2 Å². The van der Waals surface area contributed by atoms with Crippen molar-refractivity contribution in [1.29, 1.82) is 0 Å². The van der Waals surface area contributed by atoms with Gasteiger partial charge in [0, 0.05) is 18.1 Å². The molecule has 2 aromatic rings. The average molecular weight is 420 g/mol. The van der Waals surface area contributed by atoms with Crippen LogP contribution in [0.15, 0.2) is 42.5 Å². The Morgan fingerprint density at radius 3 is 2.69 bits per heavy atom. The minimum atomic E-state index is -1.48. The number of ether oxygens (including phenoxy) is 2. The highest BCUT2D eigenvalue weighted by atomic mass is 35.5. The zero-order valence-corrected chi connectivity index (χ0v) is 17.0. The van der Waals surface area contributed by atoms with Gasteiger partial charge in [0.05, 0.1) is 6.61 Å². The average Bonchev–Trinajstić information content (AvgIpc) is 3.10. The van der Waals surface area contributed by atoms with E-state index >= 15 is 0 Å². The molecular formula is C22H26ClNO5. The van der Waals surface area contributed by atoms with Crippen molar-refractivity contribution in [1.82, 2.24) is 5.32 Å². The number of hydrogen-bond acceptors (Lipinski definition) is 6. The summed E-state index contributed by atoms with van der Waals surface area (Å²) in [4.78, 5) is 0. The van der Waals surface area contributed by atoms with Gasteiger partial charge in [-0.25, -0.2) is 0 Å². The maximum Gasteiger partial charge on any atom is 0.133 e. The van der Waals surface area contributed by atoms with Crippen molar-refractivity contribution < 1.29 is 24.8 Å². The van der Waals surface area contributed by atoms with Gasteiger partial charge >= 0.3 is 0 Å². The molecule has 5 atom stereocenters. The third-order valence-corrected chi connectivity index (χ3v) is 6.15. The summed E-state index contributed by atoms with van der Waals surface area (Å²) in [6, 6.07) is 13.3. The normalized spacial score (nSPS) is 31.5. The topological polar surface area (TPSA) is 91.2 Å². The van der Waals surface area contributed by atoms with Crippen LogP contribution >= 0.6 is 11.6 Å². The van der Waals surface area contributed by atoms with Gasteiger partial charge in [-0.1, -0.05) is 35.9 Å². The highest BCUT2D eigenvalue weighted by Crippen LogP contribution is 2.40. The van der Waals surface area contributed by atoms with Crippen LogP contribution in [0.5, 0.6) is 5.75 Å². The van der Waals surface area contributed by atoms with E-state index in [-0.39, 0.29) is 6.54 Å². The Labute approximate surface area is 175 Å². The van der Waals surface area contributed by atoms with E-state index in [2.05, 4.69) is 5.32 Å². The largest absolute Gasteiger partial charge is 0.494 e. The van der Waals surface area contributed by atoms with E-state index in [1.54, 1.807) is 12.1 Å². The van der Waals surface area contributed by atoms with Gasteiger partial charge in [0.2, 0.25) is 0 Å². The van der Waals surface area contributed by atoms with Crippen LogP contribution in [0, 0.1) is 0 Å². The molecule has 6 nitrogen and oxygen atoms in total. The summed E-state index contributed by atoms with van der Waals surface area (Å²) in [7, 11) is 0. The third kappa shape index (κ3) is 3.89. The van der Waals surface area contributed by atoms with Crippen molar-refractivity contribution in [3.8, 4) is 5.75 Å². The molecule has 0 radical (unpaired) electrons. The van der Waals surface area contributed by atoms with Crippen LogP contribution in [-0.4, -0.2) is 58.9 Å². The van der Waals surface area contributed by atoms with Crippen LogP contribution in [0.3, 0.4) is 0 Å². The summed E-state index contributed by atoms with van der Waals surface area (Å²) >= 11 is 6.41. The van der Waals surface area contributed by atoms with E-state index in [1.165, 1.54) is 0 Å². The predicted molar refractivity (Wildman–Crippen MR) is 109 cm³/mol. The Kier molecular flexibility index (Phi) is 5.84. The fourth-order valence-corrected chi connectivity index (χ4v) is 4.33. The number of halogens is 1. The minimum absolute atomic E-state index is 0.187. The van der Waals surface area contributed by atoms with Crippen LogP contribution in [0.2, 0.25) is 5.02 Å². The molecule has 0 aliphatic carbocycles. The van der Waals surface area contributed by atoms with E-state index in [0.29, 0.717) is 24.6 Å². The second-order valence-electron chi connectivity index (χ2n) is 7.71. The van der Waals surface area contributed by atoms with E-state index in [9.17, 15) is 15.3 Å². The second-order valence-corrected chi connectivity index (χ2v) is 8.11. The summed E-state index contributed by atoms with van der Waals surface area (Å²) in [6.07, 6.45) is -3.26. The Bertz CT molecular complexity index is 861. The van der Waals surface area contributed by atoms with Crippen molar-refractivity contribution in [3.05, 3.63) is 64.2 Å². The number of β-amino-alcohol motifs (C(OH)–C–C–N with tert-alkyl or cyclic N) is 1. The van der Waals surface area contributed by atoms with Crippen LogP contribution < -0.4 is 10.1 Å². The zero-order valence-electron chi connectivity index (χ0n) is 16.2. The molecule has 0 amide bonds. The Hall–Kier alpha value is -1.67.